The molecule has 0 bridgehead atoms. The molecule has 1 unspecified atom stereocenters. The van der Waals surface area contributed by atoms with Gasteiger partial charge in [0.2, 0.25) is 0 Å². The van der Waals surface area contributed by atoms with Crippen molar-refractivity contribution >= 4 is 23.2 Å². The van der Waals surface area contributed by atoms with E-state index in [0.29, 0.717) is 12.1 Å². The van der Waals surface area contributed by atoms with E-state index in [2.05, 4.69) is 15.3 Å². The van der Waals surface area contributed by atoms with Gasteiger partial charge in [-0.1, -0.05) is 6.92 Å². The molecule has 1 amide bonds. The maximum absolute atomic E-state index is 12.1. The number of aryl methyl sites for hydroxylation is 1. The number of nitrogens with one attached hydrogen (secondary N) is 2. The van der Waals surface area contributed by atoms with Gasteiger partial charge in [0.1, 0.15) is 11.2 Å². The average Bonchev–Trinajstić information content (AvgIpc) is 3.06. The van der Waals surface area contributed by atoms with Crippen LogP contribution < -0.4 is 5.32 Å². The molecule has 0 aliphatic carbocycles. The summed E-state index contributed by atoms with van der Waals surface area (Å²) in [6.45, 7) is 5.11. The first kappa shape index (κ1) is 15.2. The molecular weight excluding hydrogens is 290 g/mol. The van der Waals surface area contributed by atoms with Crippen LogP contribution in [0.15, 0.2) is 17.6 Å². The highest BCUT2D eigenvalue weighted by Crippen LogP contribution is 2.22. The molecule has 21 heavy (non-hydrogen) atoms. The van der Waals surface area contributed by atoms with Gasteiger partial charge in [0.15, 0.2) is 0 Å². The van der Waals surface area contributed by atoms with Crippen LogP contribution in [0.25, 0.3) is 11.3 Å². The Kier molecular flexibility index (Phi) is 4.13. The second-order valence-corrected chi connectivity index (χ2v) is 6.06. The minimum absolute atomic E-state index is 0.299. The molecule has 0 aromatic carbocycles. The number of carbonyl (C=O) groups excluding carboxylic acids is 1. The van der Waals surface area contributed by atoms with Crippen LogP contribution in [0.1, 0.15) is 35.8 Å². The molecule has 0 saturated heterocycles. The van der Waals surface area contributed by atoms with Gasteiger partial charge in [0.25, 0.3) is 5.91 Å². The maximum atomic E-state index is 12.1. The number of hydrogen-bond acceptors (Lipinski definition) is 4. The molecule has 3 N–H and O–H groups in total. The lowest BCUT2D eigenvalue weighted by Gasteiger charge is -2.24. The number of aromatic nitrogens is 2. The first-order valence-corrected chi connectivity index (χ1v) is 7.40. The predicted molar refractivity (Wildman–Crippen MR) is 80.4 cm³/mol. The van der Waals surface area contributed by atoms with Crippen molar-refractivity contribution in [3.05, 3.63) is 28.3 Å². The fraction of sp³-hybridized carbons (Fsp3) is 0.357. The summed E-state index contributed by atoms with van der Waals surface area (Å²) in [6, 6.07) is 1.67. The minimum Gasteiger partial charge on any atom is -0.480 e. The average molecular weight is 307 g/mol. The maximum Gasteiger partial charge on any atom is 0.329 e. The van der Waals surface area contributed by atoms with Crippen molar-refractivity contribution in [1.82, 2.24) is 15.3 Å². The third kappa shape index (κ3) is 3.13. The lowest BCUT2D eigenvalue weighted by Crippen LogP contribution is -2.51. The number of carboxylic acids is 1. The zero-order valence-electron chi connectivity index (χ0n) is 12.1. The summed E-state index contributed by atoms with van der Waals surface area (Å²) in [6.07, 6.45) is 1.99. The fourth-order valence-electron chi connectivity index (χ4n) is 1.78. The van der Waals surface area contributed by atoms with E-state index in [1.54, 1.807) is 19.2 Å². The number of carboxylic acid groups (broad SMARTS) is 1. The highest BCUT2D eigenvalue weighted by molar-refractivity contribution is 7.09. The van der Waals surface area contributed by atoms with Gasteiger partial charge in [-0.3, -0.25) is 4.79 Å². The van der Waals surface area contributed by atoms with E-state index >= 15 is 0 Å². The summed E-state index contributed by atoms with van der Waals surface area (Å²) in [4.78, 5) is 30.6. The molecule has 0 radical (unpaired) electrons. The number of rotatable bonds is 5. The zero-order valence-corrected chi connectivity index (χ0v) is 12.9. The quantitative estimate of drug-likeness (QED) is 0.790. The van der Waals surface area contributed by atoms with Crippen molar-refractivity contribution in [2.75, 3.05) is 0 Å². The number of aliphatic carboxylic acids is 1. The van der Waals surface area contributed by atoms with Gasteiger partial charge < -0.3 is 15.4 Å². The third-order valence-corrected chi connectivity index (χ3v) is 4.18. The lowest BCUT2D eigenvalue weighted by molar-refractivity contribution is -0.143. The zero-order chi connectivity index (χ0) is 15.6. The molecular formula is C14H17N3O3S. The Morgan fingerprint density at radius 2 is 2.24 bits per heavy atom. The topological polar surface area (TPSA) is 95.1 Å². The van der Waals surface area contributed by atoms with Gasteiger partial charge in [-0.05, 0) is 26.3 Å². The molecule has 2 rings (SSSR count). The van der Waals surface area contributed by atoms with Crippen molar-refractivity contribution in [3.63, 3.8) is 0 Å². The first-order valence-electron chi connectivity index (χ1n) is 6.52. The minimum atomic E-state index is -1.28. The van der Waals surface area contributed by atoms with Crippen LogP contribution in [-0.2, 0) is 4.79 Å². The lowest BCUT2D eigenvalue weighted by atomic mass is 9.99. The number of aromatic amines is 1. The smallest absolute Gasteiger partial charge is 0.329 e. The Balaban J connectivity index is 2.18. The Morgan fingerprint density at radius 1 is 1.52 bits per heavy atom. The van der Waals surface area contributed by atoms with Gasteiger partial charge in [-0.15, -0.1) is 11.3 Å². The van der Waals surface area contributed by atoms with Crippen molar-refractivity contribution in [2.24, 2.45) is 0 Å². The molecule has 6 nitrogen and oxygen atoms in total. The number of carbonyl (C=O) groups is 2. The normalized spacial score (nSPS) is 13.7. The molecule has 7 heteroatoms. The SMILES string of the molecule is CCC(C)(NC(=O)c1cc(-c2csc(C)n2)c[nH]1)C(=O)O. The summed E-state index contributed by atoms with van der Waals surface area (Å²) in [5, 5.41) is 14.6. The van der Waals surface area contributed by atoms with Crippen LogP contribution in [0.4, 0.5) is 0 Å². The summed E-state index contributed by atoms with van der Waals surface area (Å²) in [5.41, 5.74) is 0.637. The van der Waals surface area contributed by atoms with Crippen LogP contribution in [0, 0.1) is 6.92 Å². The summed E-state index contributed by atoms with van der Waals surface area (Å²) < 4.78 is 0. The van der Waals surface area contributed by atoms with Crippen LogP contribution in [0.3, 0.4) is 0 Å². The van der Waals surface area contributed by atoms with Crippen LogP contribution in [-0.4, -0.2) is 32.5 Å². The first-order chi connectivity index (χ1) is 9.85. The van der Waals surface area contributed by atoms with E-state index in [-0.39, 0.29) is 0 Å². The molecule has 0 aliphatic heterocycles. The Bertz CT molecular complexity index is 677. The fourth-order valence-corrected chi connectivity index (χ4v) is 2.40. The predicted octanol–water partition coefficient (Wildman–Crippen LogP) is 2.43. The van der Waals surface area contributed by atoms with Crippen molar-refractivity contribution in [3.8, 4) is 11.3 Å². The monoisotopic (exact) mass is 307 g/mol. The molecule has 0 aliphatic rings. The van der Waals surface area contributed by atoms with Crippen LogP contribution in [0.2, 0.25) is 0 Å². The van der Waals surface area contributed by atoms with E-state index in [9.17, 15) is 14.7 Å². The molecule has 0 spiro atoms. The van der Waals surface area contributed by atoms with Crippen molar-refractivity contribution < 1.29 is 14.7 Å². The Labute approximate surface area is 126 Å². The summed E-state index contributed by atoms with van der Waals surface area (Å²) in [5.74, 6) is -1.50. The van der Waals surface area contributed by atoms with Crippen molar-refractivity contribution in [2.45, 2.75) is 32.7 Å². The number of amides is 1. The molecule has 1 atom stereocenters. The number of hydrogen-bond donors (Lipinski definition) is 3. The van der Waals surface area contributed by atoms with E-state index in [4.69, 9.17) is 0 Å². The van der Waals surface area contributed by atoms with Crippen LogP contribution in [0.5, 0.6) is 0 Å². The van der Waals surface area contributed by atoms with Gasteiger partial charge >= 0.3 is 5.97 Å². The van der Waals surface area contributed by atoms with E-state index in [0.717, 1.165) is 16.3 Å². The molecule has 112 valence electrons. The standard InChI is InChI=1S/C14H17N3O3S/c1-4-14(3,13(19)20)17-12(18)10-5-9(6-15-10)11-7-21-8(2)16-11/h5-7,15H,4H2,1-3H3,(H,17,18)(H,19,20). The molecule has 0 fully saturated rings. The number of thiazole rings is 1. The van der Waals surface area contributed by atoms with E-state index in [1.165, 1.54) is 18.3 Å². The van der Waals surface area contributed by atoms with E-state index < -0.39 is 17.4 Å². The summed E-state index contributed by atoms with van der Waals surface area (Å²) in [7, 11) is 0. The molecule has 0 saturated carbocycles. The molecule has 2 aromatic rings. The molecule has 2 heterocycles. The van der Waals surface area contributed by atoms with Gasteiger partial charge in [-0.25, -0.2) is 9.78 Å². The van der Waals surface area contributed by atoms with Gasteiger partial charge in [-0.2, -0.15) is 0 Å². The van der Waals surface area contributed by atoms with Crippen LogP contribution >= 0.6 is 11.3 Å². The van der Waals surface area contributed by atoms with Gasteiger partial charge in [0, 0.05) is 17.1 Å². The molecule has 2 aromatic heterocycles. The van der Waals surface area contributed by atoms with E-state index in [1.807, 2.05) is 12.3 Å². The van der Waals surface area contributed by atoms with Crippen molar-refractivity contribution in [1.29, 1.82) is 0 Å². The second kappa shape index (κ2) is 5.69. The van der Waals surface area contributed by atoms with Gasteiger partial charge in [0.05, 0.1) is 10.7 Å². The summed E-state index contributed by atoms with van der Waals surface area (Å²) >= 11 is 1.53. The number of nitrogens with zero attached hydrogens (tertiary/aromatic N) is 1. The number of H-pyrrole nitrogens is 1. The largest absolute Gasteiger partial charge is 0.480 e. The third-order valence-electron chi connectivity index (χ3n) is 3.41. The highest BCUT2D eigenvalue weighted by atomic mass is 32.1. The Morgan fingerprint density at radius 3 is 2.76 bits per heavy atom. The highest BCUT2D eigenvalue weighted by Gasteiger charge is 2.33. The second-order valence-electron chi connectivity index (χ2n) is 5.00. The Hall–Kier alpha value is -2.15.